The zero-order valence-corrected chi connectivity index (χ0v) is 12.9. The number of thiocarbonyl (C=S) groups is 1. The molecule has 1 aliphatic rings. The maximum atomic E-state index is 11.4. The van der Waals surface area contributed by atoms with Crippen molar-refractivity contribution in [3.63, 3.8) is 0 Å². The smallest absolute Gasteiger partial charge is 0.337 e. The van der Waals surface area contributed by atoms with Crippen molar-refractivity contribution < 1.29 is 9.53 Å². The van der Waals surface area contributed by atoms with E-state index in [1.165, 1.54) is 7.11 Å². The lowest BCUT2D eigenvalue weighted by atomic mass is 10.0. The van der Waals surface area contributed by atoms with Gasteiger partial charge in [0.1, 0.15) is 0 Å². The van der Waals surface area contributed by atoms with Gasteiger partial charge in [-0.25, -0.2) is 4.79 Å². The number of rotatable bonds is 2. The van der Waals surface area contributed by atoms with Crippen LogP contribution in [0.2, 0.25) is 0 Å². The first-order chi connectivity index (χ1) is 9.34. The third-order valence-electron chi connectivity index (χ3n) is 3.10. The van der Waals surface area contributed by atoms with Gasteiger partial charge in [0, 0.05) is 11.4 Å². The summed E-state index contributed by atoms with van der Waals surface area (Å²) >= 11 is 5.42. The van der Waals surface area contributed by atoms with E-state index in [4.69, 9.17) is 12.2 Å². The number of methoxy groups -OCH3 is 1. The Balaban J connectivity index is 2.32. The van der Waals surface area contributed by atoms with Crippen LogP contribution in [0.1, 0.15) is 31.1 Å². The summed E-state index contributed by atoms with van der Waals surface area (Å²) in [5, 5.41) is 3.93. The molecule has 0 aromatic heterocycles. The van der Waals surface area contributed by atoms with Gasteiger partial charge in [0.05, 0.1) is 18.2 Å². The highest BCUT2D eigenvalue weighted by Crippen LogP contribution is 2.26. The van der Waals surface area contributed by atoms with Gasteiger partial charge in [0.15, 0.2) is 5.11 Å². The van der Waals surface area contributed by atoms with Gasteiger partial charge in [0.25, 0.3) is 0 Å². The molecule has 2 rings (SSSR count). The predicted molar refractivity (Wildman–Crippen MR) is 83.8 cm³/mol. The molecule has 0 saturated heterocycles. The van der Waals surface area contributed by atoms with E-state index < -0.39 is 0 Å². The van der Waals surface area contributed by atoms with Crippen LogP contribution in [0.3, 0.4) is 0 Å². The van der Waals surface area contributed by atoms with Crippen molar-refractivity contribution in [1.29, 1.82) is 0 Å². The van der Waals surface area contributed by atoms with Gasteiger partial charge in [-0.2, -0.15) is 0 Å². The standard InChI is InChI=1S/C15H18N2O2S/c1-10-9-15(2,3)16-14(20)17(10)12-7-5-11(6-8-12)13(18)19-4/h5-9H,1-4H3,(H,16,20). The second kappa shape index (κ2) is 5.25. The third-order valence-corrected chi connectivity index (χ3v) is 3.39. The predicted octanol–water partition coefficient (Wildman–Crippen LogP) is 2.85. The lowest BCUT2D eigenvalue weighted by Crippen LogP contribution is -2.53. The van der Waals surface area contributed by atoms with Crippen molar-refractivity contribution >= 4 is 29.0 Å². The molecule has 0 radical (unpaired) electrons. The summed E-state index contributed by atoms with van der Waals surface area (Å²) in [5.41, 5.74) is 2.35. The van der Waals surface area contributed by atoms with Gasteiger partial charge in [-0.3, -0.25) is 4.90 Å². The third kappa shape index (κ3) is 2.82. The molecule has 1 aromatic rings. The number of ether oxygens (including phenoxy) is 1. The van der Waals surface area contributed by atoms with Gasteiger partial charge >= 0.3 is 5.97 Å². The van der Waals surface area contributed by atoms with E-state index >= 15 is 0 Å². The van der Waals surface area contributed by atoms with Crippen LogP contribution in [-0.2, 0) is 4.74 Å². The van der Waals surface area contributed by atoms with Crippen LogP contribution >= 0.6 is 12.2 Å². The molecule has 1 heterocycles. The fourth-order valence-corrected chi connectivity index (χ4v) is 2.81. The van der Waals surface area contributed by atoms with E-state index in [9.17, 15) is 4.79 Å². The molecule has 0 bridgehead atoms. The van der Waals surface area contributed by atoms with Crippen LogP contribution < -0.4 is 10.2 Å². The summed E-state index contributed by atoms with van der Waals surface area (Å²) in [6, 6.07) is 7.18. The van der Waals surface area contributed by atoms with E-state index in [0.717, 1.165) is 11.4 Å². The van der Waals surface area contributed by atoms with Crippen LogP contribution in [0, 0.1) is 0 Å². The SMILES string of the molecule is COC(=O)c1ccc(N2C(=S)NC(C)(C)C=C2C)cc1. The monoisotopic (exact) mass is 290 g/mol. The van der Waals surface area contributed by atoms with Crippen molar-refractivity contribution in [3.8, 4) is 0 Å². The zero-order chi connectivity index (χ0) is 14.9. The highest BCUT2D eigenvalue weighted by atomic mass is 32.1. The fourth-order valence-electron chi connectivity index (χ4n) is 2.30. The minimum absolute atomic E-state index is 0.149. The summed E-state index contributed by atoms with van der Waals surface area (Å²) in [5.74, 6) is -0.343. The highest BCUT2D eigenvalue weighted by Gasteiger charge is 2.27. The van der Waals surface area contributed by atoms with Crippen molar-refractivity contribution in [2.24, 2.45) is 0 Å². The largest absolute Gasteiger partial charge is 0.465 e. The molecule has 0 aliphatic carbocycles. The molecule has 0 spiro atoms. The van der Waals surface area contributed by atoms with Crippen LogP contribution in [-0.4, -0.2) is 23.7 Å². The number of nitrogens with zero attached hydrogens (tertiary/aromatic N) is 1. The molecule has 0 atom stereocenters. The first kappa shape index (κ1) is 14.5. The van der Waals surface area contributed by atoms with E-state index in [1.54, 1.807) is 12.1 Å². The number of hydrogen-bond donors (Lipinski definition) is 1. The van der Waals surface area contributed by atoms with E-state index in [0.29, 0.717) is 10.7 Å². The Labute approximate surface area is 124 Å². The van der Waals surface area contributed by atoms with E-state index in [2.05, 4.69) is 30.0 Å². The summed E-state index contributed by atoms with van der Waals surface area (Å²) in [4.78, 5) is 13.4. The number of carbonyl (C=O) groups is 1. The maximum Gasteiger partial charge on any atom is 0.337 e. The number of hydrogen-bond acceptors (Lipinski definition) is 3. The molecular weight excluding hydrogens is 272 g/mol. The van der Waals surface area contributed by atoms with Gasteiger partial charge in [-0.15, -0.1) is 0 Å². The summed E-state index contributed by atoms with van der Waals surface area (Å²) in [7, 11) is 1.37. The number of esters is 1. The molecule has 0 saturated carbocycles. The first-order valence-corrected chi connectivity index (χ1v) is 6.75. The Kier molecular flexibility index (Phi) is 3.81. The number of anilines is 1. The summed E-state index contributed by atoms with van der Waals surface area (Å²) in [6.45, 7) is 6.16. The van der Waals surface area contributed by atoms with Crippen molar-refractivity contribution in [3.05, 3.63) is 41.6 Å². The zero-order valence-electron chi connectivity index (χ0n) is 12.1. The lowest BCUT2D eigenvalue weighted by molar-refractivity contribution is 0.0601. The van der Waals surface area contributed by atoms with Gasteiger partial charge in [-0.05, 0) is 63.3 Å². The van der Waals surface area contributed by atoms with Crippen LogP contribution in [0.5, 0.6) is 0 Å². The van der Waals surface area contributed by atoms with Crippen LogP contribution in [0.4, 0.5) is 5.69 Å². The molecule has 0 unspecified atom stereocenters. The Morgan fingerprint density at radius 2 is 1.90 bits per heavy atom. The second-order valence-corrected chi connectivity index (χ2v) is 5.70. The Morgan fingerprint density at radius 3 is 2.40 bits per heavy atom. The second-order valence-electron chi connectivity index (χ2n) is 5.31. The lowest BCUT2D eigenvalue weighted by Gasteiger charge is -2.38. The molecular formula is C15H18N2O2S. The van der Waals surface area contributed by atoms with Gasteiger partial charge < -0.3 is 10.1 Å². The average Bonchev–Trinajstić information content (AvgIpc) is 2.36. The molecule has 20 heavy (non-hydrogen) atoms. The summed E-state index contributed by atoms with van der Waals surface area (Å²) < 4.78 is 4.69. The van der Waals surface area contributed by atoms with Gasteiger partial charge in [-0.1, -0.05) is 0 Å². The average molecular weight is 290 g/mol. The minimum Gasteiger partial charge on any atom is -0.465 e. The highest BCUT2D eigenvalue weighted by molar-refractivity contribution is 7.80. The van der Waals surface area contributed by atoms with Crippen LogP contribution in [0.15, 0.2) is 36.0 Å². The fraction of sp³-hybridized carbons (Fsp3) is 0.333. The number of benzene rings is 1. The molecule has 1 aromatic carbocycles. The molecule has 106 valence electrons. The molecule has 1 N–H and O–H groups in total. The van der Waals surface area contributed by atoms with Crippen LogP contribution in [0.25, 0.3) is 0 Å². The normalized spacial score (nSPS) is 17.3. The Hall–Kier alpha value is -1.88. The summed E-state index contributed by atoms with van der Waals surface area (Å²) in [6.07, 6.45) is 2.12. The minimum atomic E-state index is -0.343. The molecule has 0 amide bonds. The number of nitrogens with one attached hydrogen (secondary N) is 1. The van der Waals surface area contributed by atoms with Gasteiger partial charge in [0.2, 0.25) is 0 Å². The van der Waals surface area contributed by atoms with E-state index in [1.807, 2.05) is 24.0 Å². The molecule has 4 nitrogen and oxygen atoms in total. The van der Waals surface area contributed by atoms with Crippen molar-refractivity contribution in [2.45, 2.75) is 26.3 Å². The topological polar surface area (TPSA) is 41.6 Å². The van der Waals surface area contributed by atoms with E-state index in [-0.39, 0.29) is 11.5 Å². The molecule has 1 aliphatic heterocycles. The molecule has 5 heteroatoms. The number of allylic oxidation sites excluding steroid dienone is 1. The molecule has 0 fully saturated rings. The van der Waals surface area contributed by atoms with Crippen molar-refractivity contribution in [2.75, 3.05) is 12.0 Å². The maximum absolute atomic E-state index is 11.4. The quantitative estimate of drug-likeness (QED) is 0.670. The van der Waals surface area contributed by atoms with Crippen molar-refractivity contribution in [1.82, 2.24) is 5.32 Å². The Bertz CT molecular complexity index is 576. The number of carbonyl (C=O) groups excluding carboxylic acids is 1. The first-order valence-electron chi connectivity index (χ1n) is 6.34. The Morgan fingerprint density at radius 1 is 1.30 bits per heavy atom.